The molecule has 0 aliphatic heterocycles. The fourth-order valence-corrected chi connectivity index (χ4v) is 3.83. The van der Waals surface area contributed by atoms with Gasteiger partial charge in [-0.15, -0.1) is 0 Å². The molecule has 29 heavy (non-hydrogen) atoms. The predicted molar refractivity (Wildman–Crippen MR) is 113 cm³/mol. The number of hydrogen-bond acceptors (Lipinski definition) is 4. The minimum absolute atomic E-state index is 0.0458. The molecule has 0 saturated heterocycles. The number of oxime groups is 1. The first-order chi connectivity index (χ1) is 14.2. The molecule has 0 aromatic heterocycles. The molecule has 152 valence electrons. The van der Waals surface area contributed by atoms with Gasteiger partial charge in [-0.2, -0.15) is 0 Å². The highest BCUT2D eigenvalue weighted by Crippen LogP contribution is 2.42. The monoisotopic (exact) mass is 393 g/mol. The Balaban J connectivity index is 1.45. The predicted octanol–water partition coefficient (Wildman–Crippen LogP) is 3.79. The van der Waals surface area contributed by atoms with E-state index in [1.807, 2.05) is 24.3 Å². The van der Waals surface area contributed by atoms with Crippen LogP contribution in [0.2, 0.25) is 0 Å². The maximum atomic E-state index is 12.5. The Bertz CT molecular complexity index is 862. The third-order valence-electron chi connectivity index (χ3n) is 5.32. The Hall–Kier alpha value is -3.15. The molecule has 0 spiro atoms. The highest BCUT2D eigenvalue weighted by Gasteiger charge is 2.28. The molecule has 2 amide bonds. The van der Waals surface area contributed by atoms with E-state index in [1.54, 1.807) is 0 Å². The Labute approximate surface area is 171 Å². The van der Waals surface area contributed by atoms with Gasteiger partial charge in [0.1, 0.15) is 5.71 Å². The largest absolute Gasteiger partial charge is 0.410 e. The zero-order valence-electron chi connectivity index (χ0n) is 16.6. The Morgan fingerprint density at radius 3 is 2.00 bits per heavy atom. The van der Waals surface area contributed by atoms with Gasteiger partial charge in [0.05, 0.1) is 6.04 Å². The van der Waals surface area contributed by atoms with Gasteiger partial charge < -0.3 is 15.8 Å². The Kier molecular flexibility index (Phi) is 7.00. The van der Waals surface area contributed by atoms with E-state index in [0.29, 0.717) is 12.8 Å². The topological polar surface area (TPSA) is 90.8 Å². The zero-order valence-corrected chi connectivity index (χ0v) is 16.6. The van der Waals surface area contributed by atoms with E-state index < -0.39 is 0 Å². The highest BCUT2D eigenvalue weighted by atomic mass is 16.4. The molecule has 3 N–H and O–H groups in total. The summed E-state index contributed by atoms with van der Waals surface area (Å²) in [7, 11) is 1.51. The molecule has 0 atom stereocenters. The minimum Gasteiger partial charge on any atom is -0.410 e. The SMILES string of the molecule is CNC(=O)/C(CCCCCCC(=O)NC1c2ccccc2-c2ccccc21)=N/O. The van der Waals surface area contributed by atoms with Gasteiger partial charge in [-0.05, 0) is 41.5 Å². The van der Waals surface area contributed by atoms with E-state index in [0.717, 1.165) is 36.8 Å². The number of rotatable bonds is 9. The second-order valence-corrected chi connectivity index (χ2v) is 7.22. The van der Waals surface area contributed by atoms with Crippen molar-refractivity contribution >= 4 is 17.5 Å². The van der Waals surface area contributed by atoms with Gasteiger partial charge in [-0.25, -0.2) is 0 Å². The van der Waals surface area contributed by atoms with Crippen LogP contribution in [0.1, 0.15) is 55.7 Å². The quantitative estimate of drug-likeness (QED) is 0.262. The van der Waals surface area contributed by atoms with Crippen molar-refractivity contribution in [3.05, 3.63) is 59.7 Å². The van der Waals surface area contributed by atoms with Gasteiger partial charge in [-0.1, -0.05) is 66.5 Å². The number of benzene rings is 2. The van der Waals surface area contributed by atoms with Crippen LogP contribution in [0.4, 0.5) is 0 Å². The van der Waals surface area contributed by atoms with Crippen molar-refractivity contribution in [2.24, 2.45) is 5.16 Å². The van der Waals surface area contributed by atoms with Crippen LogP contribution in [0.5, 0.6) is 0 Å². The van der Waals surface area contributed by atoms with Crippen LogP contribution in [-0.4, -0.2) is 29.8 Å². The number of unbranched alkanes of at least 4 members (excludes halogenated alkanes) is 3. The molecule has 1 aliphatic carbocycles. The third-order valence-corrected chi connectivity index (χ3v) is 5.32. The Morgan fingerprint density at radius 1 is 0.897 bits per heavy atom. The van der Waals surface area contributed by atoms with Crippen molar-refractivity contribution in [2.45, 2.75) is 44.6 Å². The van der Waals surface area contributed by atoms with Crippen LogP contribution in [0, 0.1) is 0 Å². The molecule has 0 heterocycles. The fraction of sp³-hybridized carbons (Fsp3) is 0.348. The van der Waals surface area contributed by atoms with Crippen molar-refractivity contribution in [2.75, 3.05) is 7.05 Å². The molecule has 6 heteroatoms. The van der Waals surface area contributed by atoms with E-state index in [4.69, 9.17) is 5.21 Å². The Morgan fingerprint density at radius 2 is 1.45 bits per heavy atom. The van der Waals surface area contributed by atoms with Crippen molar-refractivity contribution in [3.63, 3.8) is 0 Å². The number of hydrogen-bond donors (Lipinski definition) is 3. The van der Waals surface area contributed by atoms with Crippen LogP contribution in [0.3, 0.4) is 0 Å². The van der Waals surface area contributed by atoms with Crippen LogP contribution < -0.4 is 10.6 Å². The first kappa shape index (κ1) is 20.6. The fourth-order valence-electron chi connectivity index (χ4n) is 3.83. The lowest BCUT2D eigenvalue weighted by atomic mass is 10.0. The zero-order chi connectivity index (χ0) is 20.6. The van der Waals surface area contributed by atoms with Gasteiger partial charge in [0, 0.05) is 13.5 Å². The smallest absolute Gasteiger partial charge is 0.268 e. The molecular weight excluding hydrogens is 366 g/mol. The first-order valence-corrected chi connectivity index (χ1v) is 10.1. The summed E-state index contributed by atoms with van der Waals surface area (Å²) >= 11 is 0. The molecule has 0 fully saturated rings. The van der Waals surface area contributed by atoms with Crippen LogP contribution >= 0.6 is 0 Å². The average Bonchev–Trinajstić information content (AvgIpc) is 3.07. The second kappa shape index (κ2) is 9.87. The summed E-state index contributed by atoms with van der Waals surface area (Å²) in [4.78, 5) is 24.0. The molecular formula is C23H27N3O3. The lowest BCUT2D eigenvalue weighted by Crippen LogP contribution is -2.28. The van der Waals surface area contributed by atoms with Gasteiger partial charge in [0.15, 0.2) is 0 Å². The highest BCUT2D eigenvalue weighted by molar-refractivity contribution is 6.38. The molecule has 0 unspecified atom stereocenters. The summed E-state index contributed by atoms with van der Waals surface area (Å²) in [6, 6.07) is 16.3. The maximum Gasteiger partial charge on any atom is 0.268 e. The van der Waals surface area contributed by atoms with Gasteiger partial charge in [0.2, 0.25) is 5.91 Å². The number of nitrogens with zero attached hydrogens (tertiary/aromatic N) is 1. The first-order valence-electron chi connectivity index (χ1n) is 10.1. The molecule has 3 rings (SSSR count). The normalized spacial score (nSPS) is 12.9. The summed E-state index contributed by atoms with van der Waals surface area (Å²) in [5.74, 6) is -0.312. The van der Waals surface area contributed by atoms with E-state index >= 15 is 0 Å². The van der Waals surface area contributed by atoms with Crippen molar-refractivity contribution in [3.8, 4) is 11.1 Å². The molecule has 1 aliphatic rings. The van der Waals surface area contributed by atoms with E-state index in [2.05, 4.69) is 40.1 Å². The van der Waals surface area contributed by atoms with Crippen LogP contribution in [0.15, 0.2) is 53.7 Å². The molecule has 0 radical (unpaired) electrons. The van der Waals surface area contributed by atoms with Crippen LogP contribution in [0.25, 0.3) is 11.1 Å². The lowest BCUT2D eigenvalue weighted by Gasteiger charge is -2.16. The second-order valence-electron chi connectivity index (χ2n) is 7.22. The van der Waals surface area contributed by atoms with Gasteiger partial charge >= 0.3 is 0 Å². The molecule has 2 aromatic rings. The van der Waals surface area contributed by atoms with E-state index in [-0.39, 0.29) is 23.6 Å². The molecule has 2 aromatic carbocycles. The number of carbonyl (C=O) groups excluding carboxylic acids is 2. The number of fused-ring (bicyclic) bond motifs is 3. The number of carbonyl (C=O) groups is 2. The third kappa shape index (κ3) is 4.83. The lowest BCUT2D eigenvalue weighted by molar-refractivity contribution is -0.121. The summed E-state index contributed by atoms with van der Waals surface area (Å²) in [5, 5.41) is 17.5. The van der Waals surface area contributed by atoms with Crippen molar-refractivity contribution in [1.29, 1.82) is 0 Å². The minimum atomic E-state index is -0.357. The maximum absolute atomic E-state index is 12.5. The standard InChI is InChI=1S/C23H27N3O3/c1-24-23(28)20(26-29)14-4-2-3-5-15-21(27)25-22-18-12-8-6-10-16(18)17-11-7-9-13-19(17)22/h6-13,22,29H,2-5,14-15H2,1H3,(H,24,28)(H,25,27)/b26-20+. The molecule has 0 bridgehead atoms. The van der Waals surface area contributed by atoms with Crippen LogP contribution in [-0.2, 0) is 9.59 Å². The van der Waals surface area contributed by atoms with Crippen molar-refractivity contribution in [1.82, 2.24) is 10.6 Å². The summed E-state index contributed by atoms with van der Waals surface area (Å²) in [6.45, 7) is 0. The number of amides is 2. The van der Waals surface area contributed by atoms with Gasteiger partial charge in [-0.3, -0.25) is 9.59 Å². The average molecular weight is 393 g/mol. The summed E-state index contributed by atoms with van der Waals surface area (Å²) < 4.78 is 0. The van der Waals surface area contributed by atoms with Crippen molar-refractivity contribution < 1.29 is 14.8 Å². The summed E-state index contributed by atoms with van der Waals surface area (Å²) in [5.41, 5.74) is 4.81. The van der Waals surface area contributed by atoms with Gasteiger partial charge in [0.25, 0.3) is 5.91 Å². The molecule has 6 nitrogen and oxygen atoms in total. The van der Waals surface area contributed by atoms with E-state index in [9.17, 15) is 9.59 Å². The number of nitrogens with one attached hydrogen (secondary N) is 2. The van der Waals surface area contributed by atoms with E-state index in [1.165, 1.54) is 18.2 Å². The molecule has 0 saturated carbocycles. The summed E-state index contributed by atoms with van der Waals surface area (Å²) in [6.07, 6.45) is 4.19.